The summed E-state index contributed by atoms with van der Waals surface area (Å²) in [6, 6.07) is 31.7. The summed E-state index contributed by atoms with van der Waals surface area (Å²) in [5, 5.41) is 7.52. The zero-order valence-corrected chi connectivity index (χ0v) is 30.1. The number of esters is 1. The molecule has 2 N–H and O–H groups in total. The first-order valence-corrected chi connectivity index (χ1v) is 17.8. The van der Waals surface area contributed by atoms with Crippen molar-refractivity contribution in [2.24, 2.45) is 5.92 Å². The molecule has 50 heavy (non-hydrogen) atoms. The molecule has 1 saturated carbocycles. The molecule has 260 valence electrons. The third-order valence-electron chi connectivity index (χ3n) is 10.6. The Hall–Kier alpha value is -4.81. The summed E-state index contributed by atoms with van der Waals surface area (Å²) in [6.45, 7) is 11.7. The lowest BCUT2D eigenvalue weighted by Crippen LogP contribution is -2.32. The monoisotopic (exact) mass is 670 g/mol. The van der Waals surface area contributed by atoms with Crippen LogP contribution in [0.15, 0.2) is 109 Å². The van der Waals surface area contributed by atoms with Gasteiger partial charge in [0.05, 0.1) is 19.8 Å². The zero-order chi connectivity index (χ0) is 35.3. The average molecular weight is 671 g/mol. The summed E-state index contributed by atoms with van der Waals surface area (Å²) in [4.78, 5) is 12.8. The number of anilines is 1. The van der Waals surface area contributed by atoms with Gasteiger partial charge < -0.3 is 19.5 Å². The first kappa shape index (κ1) is 35.0. The summed E-state index contributed by atoms with van der Waals surface area (Å²) in [7, 11) is 3.38. The number of cyclic esters (lactones) is 1. The van der Waals surface area contributed by atoms with Gasteiger partial charge in [0.2, 0.25) is 0 Å². The first-order chi connectivity index (χ1) is 24.2. The van der Waals surface area contributed by atoms with E-state index in [2.05, 4.69) is 79.6 Å². The molecule has 1 fully saturated rings. The van der Waals surface area contributed by atoms with Crippen molar-refractivity contribution in [3.05, 3.63) is 143 Å². The summed E-state index contributed by atoms with van der Waals surface area (Å²) < 4.78 is 16.9. The second-order valence-electron chi connectivity index (χ2n) is 14.0. The lowest BCUT2D eigenvalue weighted by atomic mass is 9.69. The van der Waals surface area contributed by atoms with Crippen LogP contribution in [0, 0.1) is 12.8 Å². The second-order valence-corrected chi connectivity index (χ2v) is 14.0. The number of carbonyl (C=O) groups is 1. The summed E-state index contributed by atoms with van der Waals surface area (Å²) in [5.74, 6) is 2.09. The largest absolute Gasteiger partial charge is 0.497 e. The number of carbonyl (C=O) groups excluding carboxylic acids is 1. The summed E-state index contributed by atoms with van der Waals surface area (Å²) in [5.41, 5.74) is 8.71. The number of rotatable bonds is 13. The first-order valence-electron chi connectivity index (χ1n) is 17.8. The zero-order valence-electron chi connectivity index (χ0n) is 30.1. The van der Waals surface area contributed by atoms with E-state index in [4.69, 9.17) is 14.2 Å². The number of aryl methyl sites for hydroxylation is 1. The number of nitrogens with one attached hydrogen (secondary N) is 2. The molecule has 1 aliphatic heterocycles. The quantitative estimate of drug-likeness (QED) is 0.109. The Kier molecular flexibility index (Phi) is 10.8. The molecule has 4 aromatic carbocycles. The van der Waals surface area contributed by atoms with E-state index in [-0.39, 0.29) is 5.97 Å². The van der Waals surface area contributed by atoms with Crippen LogP contribution in [0.2, 0.25) is 0 Å². The van der Waals surface area contributed by atoms with Crippen molar-refractivity contribution in [3.8, 4) is 11.5 Å². The maximum Gasteiger partial charge on any atom is 0.340 e. The lowest BCUT2D eigenvalue weighted by molar-refractivity contribution is 0.0306. The third kappa shape index (κ3) is 7.36. The lowest BCUT2D eigenvalue weighted by Gasteiger charge is -2.36. The molecule has 2 unspecified atom stereocenters. The van der Waals surface area contributed by atoms with Crippen molar-refractivity contribution >= 4 is 17.2 Å². The molecular formula is C44H50N2O4. The summed E-state index contributed by atoms with van der Waals surface area (Å²) in [6.07, 6.45) is 7.02. The molecule has 2 aliphatic rings. The van der Waals surface area contributed by atoms with Crippen molar-refractivity contribution in [1.29, 1.82) is 0 Å². The molecule has 6 nitrogen and oxygen atoms in total. The van der Waals surface area contributed by atoms with E-state index in [1.54, 1.807) is 14.2 Å². The second kappa shape index (κ2) is 15.4. The van der Waals surface area contributed by atoms with Crippen LogP contribution in [0.25, 0.3) is 5.57 Å². The number of allylic oxidation sites excluding steroid dienone is 2. The molecule has 0 radical (unpaired) electrons. The van der Waals surface area contributed by atoms with Crippen LogP contribution in [0.5, 0.6) is 11.5 Å². The van der Waals surface area contributed by atoms with E-state index < -0.39 is 11.6 Å². The van der Waals surface area contributed by atoms with Crippen LogP contribution in [0.1, 0.15) is 90.4 Å². The third-order valence-corrected chi connectivity index (χ3v) is 10.6. The van der Waals surface area contributed by atoms with Crippen LogP contribution < -0.4 is 20.1 Å². The van der Waals surface area contributed by atoms with Crippen molar-refractivity contribution < 1.29 is 19.0 Å². The van der Waals surface area contributed by atoms with E-state index in [1.807, 2.05) is 55.5 Å². The molecule has 6 heteroatoms. The van der Waals surface area contributed by atoms with Crippen LogP contribution >= 0.6 is 0 Å². The van der Waals surface area contributed by atoms with Crippen molar-refractivity contribution in [1.82, 2.24) is 5.32 Å². The van der Waals surface area contributed by atoms with Gasteiger partial charge in [-0.15, -0.1) is 0 Å². The van der Waals surface area contributed by atoms with Crippen LogP contribution in [-0.2, 0) is 10.2 Å². The topological polar surface area (TPSA) is 68.8 Å². The van der Waals surface area contributed by atoms with Gasteiger partial charge in [0, 0.05) is 28.3 Å². The van der Waals surface area contributed by atoms with Gasteiger partial charge in [-0.2, -0.15) is 0 Å². The fourth-order valence-corrected chi connectivity index (χ4v) is 7.58. The number of benzene rings is 4. The molecule has 0 bridgehead atoms. The molecule has 1 heterocycles. The van der Waals surface area contributed by atoms with Crippen LogP contribution in [0.4, 0.5) is 5.69 Å². The van der Waals surface area contributed by atoms with Crippen molar-refractivity contribution in [2.45, 2.75) is 70.6 Å². The number of hydrogen-bond donors (Lipinski definition) is 2. The molecule has 6 rings (SSSR count). The van der Waals surface area contributed by atoms with Crippen LogP contribution in [0.3, 0.4) is 0 Å². The maximum atomic E-state index is 12.8. The molecular weight excluding hydrogens is 620 g/mol. The Balaban J connectivity index is 1.45. The molecule has 4 aromatic rings. The Morgan fingerprint density at radius 1 is 0.920 bits per heavy atom. The standard InChI is InChI=1S/C44H50N2O4/c1-7-39(41(31-15-21-34(48-5)22-16-31)37-10-8-9-11-40(37)46-33-19-12-29(2)13-20-33)44(4,32-17-23-35(49-6)24-18-32)26-27-45-42-36-25-14-30(3)28-38(36)43(47)50-42/h7-11,14-18,21-25,28-29,33,42,45-46H,1,12-13,19-20,26-27H2,2-6H3. The van der Waals surface area contributed by atoms with E-state index in [0.29, 0.717) is 24.6 Å². The van der Waals surface area contributed by atoms with E-state index in [9.17, 15) is 4.79 Å². The minimum Gasteiger partial charge on any atom is -0.497 e. The highest BCUT2D eigenvalue weighted by Crippen LogP contribution is 2.45. The Morgan fingerprint density at radius 3 is 2.24 bits per heavy atom. The number of ether oxygens (including phenoxy) is 3. The SMILES string of the molecule is C=CC(=C(c1ccc(OC)cc1)c1ccccc1NC1CCC(C)CC1)C(C)(CCNC1OC(=O)c2cc(C)ccc21)c1ccc(OC)cc1. The van der Waals surface area contributed by atoms with E-state index in [0.717, 1.165) is 74.9 Å². The Labute approximate surface area is 297 Å². The van der Waals surface area contributed by atoms with E-state index in [1.165, 1.54) is 12.8 Å². The normalized spacial score (nSPS) is 20.2. The minimum absolute atomic E-state index is 0.288. The van der Waals surface area contributed by atoms with Gasteiger partial charge in [-0.1, -0.05) is 86.7 Å². The van der Waals surface area contributed by atoms with Gasteiger partial charge in [-0.05, 0) is 110 Å². The molecule has 0 aromatic heterocycles. The fourth-order valence-electron chi connectivity index (χ4n) is 7.58. The number of hydrogen-bond acceptors (Lipinski definition) is 6. The smallest absolute Gasteiger partial charge is 0.340 e. The van der Waals surface area contributed by atoms with Gasteiger partial charge >= 0.3 is 5.97 Å². The Morgan fingerprint density at radius 2 is 1.58 bits per heavy atom. The number of fused-ring (bicyclic) bond motifs is 1. The van der Waals surface area contributed by atoms with Gasteiger partial charge in [-0.25, -0.2) is 4.79 Å². The van der Waals surface area contributed by atoms with Crippen LogP contribution in [-0.4, -0.2) is 32.8 Å². The predicted octanol–water partition coefficient (Wildman–Crippen LogP) is 9.80. The van der Waals surface area contributed by atoms with Gasteiger partial charge in [0.25, 0.3) is 0 Å². The highest BCUT2D eigenvalue weighted by atomic mass is 16.6. The number of para-hydroxylation sites is 1. The average Bonchev–Trinajstić information content (AvgIpc) is 3.45. The van der Waals surface area contributed by atoms with Crippen molar-refractivity contribution in [3.63, 3.8) is 0 Å². The fraction of sp³-hybridized carbons (Fsp3) is 0.341. The maximum absolute atomic E-state index is 12.8. The van der Waals surface area contributed by atoms with Crippen molar-refractivity contribution in [2.75, 3.05) is 26.1 Å². The molecule has 1 aliphatic carbocycles. The van der Waals surface area contributed by atoms with Gasteiger partial charge in [-0.3, -0.25) is 5.32 Å². The van der Waals surface area contributed by atoms with Gasteiger partial charge in [0.15, 0.2) is 6.23 Å². The molecule has 0 spiro atoms. The van der Waals surface area contributed by atoms with Gasteiger partial charge in [0.1, 0.15) is 11.5 Å². The molecule has 2 atom stereocenters. The highest BCUT2D eigenvalue weighted by molar-refractivity contribution is 5.94. The summed E-state index contributed by atoms with van der Waals surface area (Å²) >= 11 is 0. The van der Waals surface area contributed by atoms with E-state index >= 15 is 0 Å². The highest BCUT2D eigenvalue weighted by Gasteiger charge is 2.35. The predicted molar refractivity (Wildman–Crippen MR) is 203 cm³/mol. The number of methoxy groups -OCH3 is 2. The molecule has 0 amide bonds. The Bertz CT molecular complexity index is 1840. The molecule has 0 saturated heterocycles. The minimum atomic E-state index is -0.512.